The van der Waals surface area contributed by atoms with Gasteiger partial charge in [-0.1, -0.05) is 33.2 Å². The van der Waals surface area contributed by atoms with Crippen LogP contribution >= 0.6 is 15.9 Å². The lowest BCUT2D eigenvalue weighted by molar-refractivity contribution is 0.452. The van der Waals surface area contributed by atoms with Gasteiger partial charge in [0.2, 0.25) is 0 Å². The van der Waals surface area contributed by atoms with E-state index in [4.69, 9.17) is 10.3 Å². The molecule has 0 aliphatic carbocycles. The Balaban J connectivity index is 2.37. The third-order valence-corrected chi connectivity index (χ3v) is 3.23. The molecule has 0 unspecified atom stereocenters. The zero-order valence-electron chi connectivity index (χ0n) is 9.64. The van der Waals surface area contributed by atoms with Crippen LogP contribution in [0.4, 0.5) is 5.82 Å². The molecular weight excluding hydrogens is 294 g/mol. The van der Waals surface area contributed by atoms with E-state index in [9.17, 15) is 0 Å². The van der Waals surface area contributed by atoms with Crippen molar-refractivity contribution in [2.24, 2.45) is 0 Å². The van der Waals surface area contributed by atoms with Crippen molar-refractivity contribution in [2.45, 2.75) is 6.92 Å². The summed E-state index contributed by atoms with van der Waals surface area (Å²) in [5.74, 6) is 0.368. The van der Waals surface area contributed by atoms with E-state index in [0.29, 0.717) is 11.5 Å². The van der Waals surface area contributed by atoms with Crippen LogP contribution in [0.15, 0.2) is 39.3 Å². The van der Waals surface area contributed by atoms with Gasteiger partial charge in [-0.15, -0.1) is 0 Å². The summed E-state index contributed by atoms with van der Waals surface area (Å²) in [4.78, 5) is 4.28. The third-order valence-electron chi connectivity index (χ3n) is 2.74. The van der Waals surface area contributed by atoms with Gasteiger partial charge < -0.3 is 10.3 Å². The molecule has 3 aromatic rings. The van der Waals surface area contributed by atoms with Gasteiger partial charge in [-0.25, -0.2) is 4.98 Å². The highest BCUT2D eigenvalue weighted by Crippen LogP contribution is 2.33. The first-order chi connectivity index (χ1) is 8.65. The number of fused-ring (bicyclic) bond motifs is 1. The van der Waals surface area contributed by atoms with Crippen molar-refractivity contribution in [3.05, 3.63) is 40.5 Å². The number of anilines is 1. The minimum absolute atomic E-state index is 0.368. The molecule has 0 spiro atoms. The van der Waals surface area contributed by atoms with Crippen molar-refractivity contribution >= 4 is 32.8 Å². The second-order valence-corrected chi connectivity index (χ2v) is 4.99. The molecule has 0 atom stereocenters. The van der Waals surface area contributed by atoms with Gasteiger partial charge in [0.15, 0.2) is 5.82 Å². The molecule has 4 nitrogen and oxygen atoms in total. The summed E-state index contributed by atoms with van der Waals surface area (Å²) in [6.45, 7) is 1.92. The number of benzene rings is 1. The van der Waals surface area contributed by atoms with E-state index in [1.807, 2.05) is 37.3 Å². The second-order valence-electron chi connectivity index (χ2n) is 4.07. The van der Waals surface area contributed by atoms with Crippen LogP contribution in [0.3, 0.4) is 0 Å². The van der Waals surface area contributed by atoms with Crippen LogP contribution in [-0.2, 0) is 0 Å². The van der Waals surface area contributed by atoms with E-state index in [-0.39, 0.29) is 0 Å². The highest BCUT2D eigenvalue weighted by molar-refractivity contribution is 9.10. The van der Waals surface area contributed by atoms with Crippen molar-refractivity contribution in [1.29, 1.82) is 0 Å². The Labute approximate surface area is 112 Å². The van der Waals surface area contributed by atoms with Crippen molar-refractivity contribution in [1.82, 2.24) is 10.1 Å². The number of nitrogens with zero attached hydrogens (tertiary/aromatic N) is 2. The fourth-order valence-corrected chi connectivity index (χ4v) is 2.38. The number of aryl methyl sites for hydroxylation is 1. The van der Waals surface area contributed by atoms with Crippen LogP contribution in [0.25, 0.3) is 22.2 Å². The first kappa shape index (κ1) is 11.2. The number of halogens is 1. The summed E-state index contributed by atoms with van der Waals surface area (Å²) in [5.41, 5.74) is 9.22. The highest BCUT2D eigenvalue weighted by Gasteiger charge is 2.14. The molecule has 90 valence electrons. The summed E-state index contributed by atoms with van der Waals surface area (Å²) in [5, 5.41) is 4.54. The molecule has 2 N–H and O–H groups in total. The highest BCUT2D eigenvalue weighted by atomic mass is 79.9. The van der Waals surface area contributed by atoms with E-state index in [0.717, 1.165) is 26.7 Å². The van der Waals surface area contributed by atoms with E-state index in [2.05, 4.69) is 26.1 Å². The normalized spacial score (nSPS) is 11.0. The van der Waals surface area contributed by atoms with Gasteiger partial charge in [0.25, 0.3) is 5.71 Å². The van der Waals surface area contributed by atoms with Gasteiger partial charge in [-0.05, 0) is 30.7 Å². The first-order valence-corrected chi connectivity index (χ1v) is 6.23. The number of hydrogen-bond acceptors (Lipinski definition) is 4. The molecular formula is C13H10BrN3O. The van der Waals surface area contributed by atoms with Gasteiger partial charge in [0.1, 0.15) is 0 Å². The van der Waals surface area contributed by atoms with Crippen molar-refractivity contribution in [2.75, 3.05) is 5.73 Å². The van der Waals surface area contributed by atoms with Gasteiger partial charge in [-0.3, -0.25) is 0 Å². The van der Waals surface area contributed by atoms with Gasteiger partial charge in [0.05, 0.1) is 5.39 Å². The first-order valence-electron chi connectivity index (χ1n) is 5.43. The lowest BCUT2D eigenvalue weighted by Gasteiger charge is -2.05. The van der Waals surface area contributed by atoms with Crippen LogP contribution < -0.4 is 5.73 Å². The monoisotopic (exact) mass is 303 g/mol. The topological polar surface area (TPSA) is 64.9 Å². The van der Waals surface area contributed by atoms with Crippen molar-refractivity contribution < 1.29 is 4.52 Å². The van der Waals surface area contributed by atoms with Crippen molar-refractivity contribution in [3.8, 4) is 11.1 Å². The molecule has 0 radical (unpaired) electrons. The molecule has 0 bridgehead atoms. The Kier molecular flexibility index (Phi) is 2.56. The van der Waals surface area contributed by atoms with E-state index in [1.54, 1.807) is 0 Å². The predicted molar refractivity (Wildman–Crippen MR) is 74.1 cm³/mol. The molecule has 3 rings (SSSR count). The largest absolute Gasteiger partial charge is 0.380 e. The maximum absolute atomic E-state index is 5.85. The lowest BCUT2D eigenvalue weighted by Crippen LogP contribution is -1.90. The summed E-state index contributed by atoms with van der Waals surface area (Å²) in [6, 6.07) is 9.99. The summed E-state index contributed by atoms with van der Waals surface area (Å²) in [6.07, 6.45) is 0. The Morgan fingerprint density at radius 2 is 2.11 bits per heavy atom. The molecule has 0 saturated heterocycles. The van der Waals surface area contributed by atoms with Gasteiger partial charge in [0, 0.05) is 15.7 Å². The molecule has 1 aromatic carbocycles. The van der Waals surface area contributed by atoms with Crippen LogP contribution in [0, 0.1) is 6.92 Å². The van der Waals surface area contributed by atoms with Crippen LogP contribution in [0.1, 0.15) is 5.69 Å². The quantitative estimate of drug-likeness (QED) is 0.746. The number of aromatic nitrogens is 2. The third kappa shape index (κ3) is 1.76. The molecule has 0 aliphatic rings. The zero-order valence-corrected chi connectivity index (χ0v) is 11.2. The lowest BCUT2D eigenvalue weighted by atomic mass is 10.0. The average Bonchev–Trinajstić information content (AvgIpc) is 2.70. The summed E-state index contributed by atoms with van der Waals surface area (Å²) < 4.78 is 6.14. The van der Waals surface area contributed by atoms with Gasteiger partial charge >= 0.3 is 0 Å². The van der Waals surface area contributed by atoms with Crippen LogP contribution in [0.5, 0.6) is 0 Å². The Bertz CT molecular complexity index is 736. The standard InChI is InChI=1S/C13H10BrN3O/c1-7-5-10(8-3-2-4-9(14)6-8)11-12(15)17-18-13(11)16-7/h2-6H,1H3,(H2,15,17). The predicted octanol–water partition coefficient (Wildman–Crippen LogP) is 3.54. The summed E-state index contributed by atoms with van der Waals surface area (Å²) >= 11 is 3.47. The van der Waals surface area contributed by atoms with Crippen molar-refractivity contribution in [3.63, 3.8) is 0 Å². The maximum Gasteiger partial charge on any atom is 0.260 e. The number of pyridine rings is 1. The average molecular weight is 304 g/mol. The molecule has 18 heavy (non-hydrogen) atoms. The Morgan fingerprint density at radius 3 is 2.89 bits per heavy atom. The maximum atomic E-state index is 5.85. The molecule has 0 amide bonds. The minimum Gasteiger partial charge on any atom is -0.380 e. The number of nitrogen functional groups attached to an aromatic ring is 1. The Morgan fingerprint density at radius 1 is 1.28 bits per heavy atom. The Hall–Kier alpha value is -1.88. The van der Waals surface area contributed by atoms with Crippen LogP contribution in [0.2, 0.25) is 0 Å². The minimum atomic E-state index is 0.368. The molecule has 0 aliphatic heterocycles. The summed E-state index contributed by atoms with van der Waals surface area (Å²) in [7, 11) is 0. The van der Waals surface area contributed by atoms with E-state index < -0.39 is 0 Å². The number of nitrogens with two attached hydrogens (primary N) is 1. The smallest absolute Gasteiger partial charge is 0.260 e. The van der Waals surface area contributed by atoms with Gasteiger partial charge in [-0.2, -0.15) is 0 Å². The fourth-order valence-electron chi connectivity index (χ4n) is 1.98. The van der Waals surface area contributed by atoms with Crippen LogP contribution in [-0.4, -0.2) is 10.1 Å². The number of rotatable bonds is 1. The molecule has 0 saturated carbocycles. The second kappa shape index (κ2) is 4.10. The van der Waals surface area contributed by atoms with E-state index >= 15 is 0 Å². The fraction of sp³-hybridized carbons (Fsp3) is 0.0769. The zero-order chi connectivity index (χ0) is 12.7. The number of hydrogen-bond donors (Lipinski definition) is 1. The molecule has 0 fully saturated rings. The molecule has 5 heteroatoms. The SMILES string of the molecule is Cc1cc(-c2cccc(Br)c2)c2c(N)noc2n1. The van der Waals surface area contributed by atoms with E-state index in [1.165, 1.54) is 0 Å². The molecule has 2 aromatic heterocycles. The molecule has 2 heterocycles.